The SMILES string of the molecule is Cc1cc(C2(NC(=O)c3ccc(C(=O)O)cc3F)CCOCC2)on1. The van der Waals surface area contributed by atoms with Crippen molar-refractivity contribution >= 4 is 11.9 Å². The molecule has 0 atom stereocenters. The van der Waals surface area contributed by atoms with Crippen LogP contribution in [0.1, 0.15) is 45.0 Å². The van der Waals surface area contributed by atoms with Crippen molar-refractivity contribution in [3.63, 3.8) is 0 Å². The number of carbonyl (C=O) groups is 2. The first-order valence-corrected chi connectivity index (χ1v) is 7.78. The number of carboxylic acid groups (broad SMARTS) is 1. The molecule has 2 aromatic rings. The van der Waals surface area contributed by atoms with E-state index in [1.54, 1.807) is 13.0 Å². The first-order valence-electron chi connectivity index (χ1n) is 7.78. The maximum Gasteiger partial charge on any atom is 0.335 e. The molecule has 8 heteroatoms. The van der Waals surface area contributed by atoms with Gasteiger partial charge in [-0.25, -0.2) is 9.18 Å². The van der Waals surface area contributed by atoms with Crippen molar-refractivity contribution in [1.29, 1.82) is 0 Å². The van der Waals surface area contributed by atoms with E-state index in [2.05, 4.69) is 10.5 Å². The van der Waals surface area contributed by atoms with Gasteiger partial charge in [-0.05, 0) is 25.1 Å². The Morgan fingerprint density at radius 1 is 1.28 bits per heavy atom. The van der Waals surface area contributed by atoms with Gasteiger partial charge in [0.25, 0.3) is 5.91 Å². The van der Waals surface area contributed by atoms with Gasteiger partial charge in [-0.2, -0.15) is 0 Å². The van der Waals surface area contributed by atoms with Crippen molar-refractivity contribution < 1.29 is 28.3 Å². The highest BCUT2D eigenvalue weighted by molar-refractivity contribution is 5.96. The summed E-state index contributed by atoms with van der Waals surface area (Å²) in [4.78, 5) is 23.5. The molecular formula is C17H17FN2O5. The zero-order valence-electron chi connectivity index (χ0n) is 13.5. The second-order valence-corrected chi connectivity index (χ2v) is 5.98. The average molecular weight is 348 g/mol. The molecule has 0 bridgehead atoms. The molecule has 1 amide bonds. The fourth-order valence-corrected chi connectivity index (χ4v) is 2.86. The molecular weight excluding hydrogens is 331 g/mol. The minimum Gasteiger partial charge on any atom is -0.478 e. The number of aromatic nitrogens is 1. The number of rotatable bonds is 4. The molecule has 1 aromatic carbocycles. The van der Waals surface area contributed by atoms with Gasteiger partial charge < -0.3 is 19.7 Å². The molecule has 132 valence electrons. The number of carbonyl (C=O) groups excluding carboxylic acids is 1. The van der Waals surface area contributed by atoms with E-state index in [1.165, 1.54) is 6.07 Å². The molecule has 7 nitrogen and oxygen atoms in total. The standard InChI is InChI=1S/C17H17FN2O5/c1-10-8-14(25-20-10)17(4-6-24-7-5-17)19-15(21)12-3-2-11(16(22)23)9-13(12)18/h2-3,8-9H,4-7H2,1H3,(H,19,21)(H,22,23). The lowest BCUT2D eigenvalue weighted by Gasteiger charge is -2.35. The molecule has 1 aliphatic rings. The van der Waals surface area contributed by atoms with E-state index in [0.717, 1.165) is 12.1 Å². The van der Waals surface area contributed by atoms with E-state index < -0.39 is 23.2 Å². The summed E-state index contributed by atoms with van der Waals surface area (Å²) < 4.78 is 24.8. The monoisotopic (exact) mass is 348 g/mol. The Balaban J connectivity index is 1.90. The van der Waals surface area contributed by atoms with Crippen LogP contribution >= 0.6 is 0 Å². The number of hydrogen-bond acceptors (Lipinski definition) is 5. The zero-order chi connectivity index (χ0) is 18.0. The van der Waals surface area contributed by atoms with Crippen molar-refractivity contribution in [3.8, 4) is 0 Å². The second kappa shape index (κ2) is 6.64. The third-order valence-corrected chi connectivity index (χ3v) is 4.26. The summed E-state index contributed by atoms with van der Waals surface area (Å²) in [5.41, 5.74) is -0.617. The van der Waals surface area contributed by atoms with Gasteiger partial charge in [-0.15, -0.1) is 0 Å². The number of hydrogen-bond donors (Lipinski definition) is 2. The number of aromatic carboxylic acids is 1. The van der Waals surface area contributed by atoms with Gasteiger partial charge in [-0.3, -0.25) is 4.79 Å². The van der Waals surface area contributed by atoms with E-state index in [0.29, 0.717) is 37.5 Å². The largest absolute Gasteiger partial charge is 0.478 e. The fourth-order valence-electron chi connectivity index (χ4n) is 2.86. The van der Waals surface area contributed by atoms with Crippen molar-refractivity contribution in [2.45, 2.75) is 25.3 Å². The van der Waals surface area contributed by atoms with Crippen molar-refractivity contribution in [1.82, 2.24) is 10.5 Å². The third-order valence-electron chi connectivity index (χ3n) is 4.26. The lowest BCUT2D eigenvalue weighted by Crippen LogP contribution is -2.49. The van der Waals surface area contributed by atoms with Gasteiger partial charge in [0.2, 0.25) is 0 Å². The van der Waals surface area contributed by atoms with Crippen LogP contribution in [0.4, 0.5) is 4.39 Å². The Hall–Kier alpha value is -2.74. The number of carboxylic acids is 1. The van der Waals surface area contributed by atoms with Crippen LogP contribution in [0.15, 0.2) is 28.8 Å². The molecule has 0 spiro atoms. The van der Waals surface area contributed by atoms with Crippen LogP contribution < -0.4 is 5.32 Å². The van der Waals surface area contributed by atoms with E-state index in [9.17, 15) is 14.0 Å². The molecule has 1 aliphatic heterocycles. The third kappa shape index (κ3) is 3.39. The maximum absolute atomic E-state index is 14.2. The Morgan fingerprint density at radius 2 is 2.00 bits per heavy atom. The summed E-state index contributed by atoms with van der Waals surface area (Å²) in [5.74, 6) is -2.31. The van der Waals surface area contributed by atoms with Gasteiger partial charge >= 0.3 is 5.97 Å². The van der Waals surface area contributed by atoms with Gasteiger partial charge in [0.15, 0.2) is 5.76 Å². The van der Waals surface area contributed by atoms with Gasteiger partial charge in [-0.1, -0.05) is 5.16 Å². The zero-order valence-corrected chi connectivity index (χ0v) is 13.5. The number of aryl methyl sites for hydroxylation is 1. The van der Waals surface area contributed by atoms with Crippen molar-refractivity contribution in [3.05, 3.63) is 52.7 Å². The number of ether oxygens (including phenoxy) is 1. The summed E-state index contributed by atoms with van der Waals surface area (Å²) in [6.45, 7) is 2.60. The predicted octanol–water partition coefficient (Wildman–Crippen LogP) is 2.26. The van der Waals surface area contributed by atoms with Gasteiger partial charge in [0, 0.05) is 32.1 Å². The summed E-state index contributed by atoms with van der Waals surface area (Å²) in [6.07, 6.45) is 0.921. The summed E-state index contributed by atoms with van der Waals surface area (Å²) >= 11 is 0. The molecule has 0 aliphatic carbocycles. The molecule has 0 unspecified atom stereocenters. The van der Waals surface area contributed by atoms with Gasteiger partial charge in [0.1, 0.15) is 11.4 Å². The molecule has 0 saturated carbocycles. The quantitative estimate of drug-likeness (QED) is 0.879. The molecule has 25 heavy (non-hydrogen) atoms. The topological polar surface area (TPSA) is 102 Å². The van der Waals surface area contributed by atoms with Crippen LogP contribution in [-0.2, 0) is 10.3 Å². The highest BCUT2D eigenvalue weighted by atomic mass is 19.1. The number of amides is 1. The minimum absolute atomic E-state index is 0.222. The minimum atomic E-state index is -1.26. The first-order chi connectivity index (χ1) is 11.9. The molecule has 2 heterocycles. The smallest absolute Gasteiger partial charge is 0.335 e. The van der Waals surface area contributed by atoms with E-state index in [4.69, 9.17) is 14.4 Å². The predicted molar refractivity (Wildman–Crippen MR) is 83.8 cm³/mol. The van der Waals surface area contributed by atoms with Crippen molar-refractivity contribution in [2.75, 3.05) is 13.2 Å². The summed E-state index contributed by atoms with van der Waals surface area (Å²) in [7, 11) is 0. The molecule has 3 rings (SSSR count). The number of nitrogens with one attached hydrogen (secondary N) is 1. The van der Waals surface area contributed by atoms with E-state index in [1.807, 2.05) is 0 Å². The van der Waals surface area contributed by atoms with Crippen LogP contribution in [0, 0.1) is 12.7 Å². The molecule has 2 N–H and O–H groups in total. The average Bonchev–Trinajstić information content (AvgIpc) is 3.02. The van der Waals surface area contributed by atoms with Crippen LogP contribution in [0.5, 0.6) is 0 Å². The van der Waals surface area contributed by atoms with Crippen LogP contribution in [0.2, 0.25) is 0 Å². The number of nitrogens with zero attached hydrogens (tertiary/aromatic N) is 1. The molecule has 1 saturated heterocycles. The number of benzene rings is 1. The first kappa shape index (κ1) is 17.1. The number of halogens is 1. The van der Waals surface area contributed by atoms with E-state index >= 15 is 0 Å². The normalized spacial score (nSPS) is 16.4. The lowest BCUT2D eigenvalue weighted by molar-refractivity contribution is 0.0242. The molecule has 0 radical (unpaired) electrons. The maximum atomic E-state index is 14.2. The lowest BCUT2D eigenvalue weighted by atomic mass is 9.86. The van der Waals surface area contributed by atoms with Crippen molar-refractivity contribution in [2.24, 2.45) is 0 Å². The van der Waals surface area contributed by atoms with Crippen LogP contribution in [-0.4, -0.2) is 35.4 Å². The molecule has 1 aromatic heterocycles. The Morgan fingerprint density at radius 3 is 2.56 bits per heavy atom. The summed E-state index contributed by atoms with van der Waals surface area (Å²) in [6, 6.07) is 4.91. The molecule has 1 fully saturated rings. The highest BCUT2D eigenvalue weighted by Gasteiger charge is 2.40. The van der Waals surface area contributed by atoms with Crippen LogP contribution in [0.3, 0.4) is 0 Å². The Labute approximate surface area is 142 Å². The second-order valence-electron chi connectivity index (χ2n) is 5.98. The Kier molecular flexibility index (Phi) is 4.54. The summed E-state index contributed by atoms with van der Waals surface area (Å²) in [5, 5.41) is 15.6. The Bertz CT molecular complexity index is 811. The van der Waals surface area contributed by atoms with Crippen LogP contribution in [0.25, 0.3) is 0 Å². The fraction of sp³-hybridized carbons (Fsp3) is 0.353. The van der Waals surface area contributed by atoms with Gasteiger partial charge in [0.05, 0.1) is 16.8 Å². The highest BCUT2D eigenvalue weighted by Crippen LogP contribution is 2.33. The van der Waals surface area contributed by atoms with E-state index in [-0.39, 0.29) is 11.1 Å².